The standard InChI is InChI=1S/C15H17BrClF3/c16-14(8-10-4-6-13(17)7-5-10)11-2-1-3-12(9-11)15(18,19)20/h4-7,11-12,14H,1-3,8-9H2. The molecule has 0 aromatic heterocycles. The van der Waals surface area contributed by atoms with Crippen molar-refractivity contribution in [3.05, 3.63) is 34.9 Å². The van der Waals surface area contributed by atoms with Crippen molar-refractivity contribution in [1.82, 2.24) is 0 Å². The lowest BCUT2D eigenvalue weighted by Gasteiger charge is -2.33. The van der Waals surface area contributed by atoms with Crippen LogP contribution in [-0.4, -0.2) is 11.0 Å². The Kier molecular flexibility index (Phi) is 5.41. The molecule has 0 nitrogen and oxygen atoms in total. The largest absolute Gasteiger partial charge is 0.391 e. The van der Waals surface area contributed by atoms with Gasteiger partial charge < -0.3 is 0 Å². The summed E-state index contributed by atoms with van der Waals surface area (Å²) in [4.78, 5) is 0.0915. The van der Waals surface area contributed by atoms with Crippen molar-refractivity contribution in [3.63, 3.8) is 0 Å². The van der Waals surface area contributed by atoms with Crippen LogP contribution in [0.15, 0.2) is 24.3 Å². The number of hydrogen-bond donors (Lipinski definition) is 0. The summed E-state index contributed by atoms with van der Waals surface area (Å²) in [5.74, 6) is -1.04. The lowest BCUT2D eigenvalue weighted by atomic mass is 9.78. The van der Waals surface area contributed by atoms with Gasteiger partial charge in [0, 0.05) is 9.85 Å². The summed E-state index contributed by atoms with van der Waals surface area (Å²) < 4.78 is 38.5. The molecule has 1 aromatic carbocycles. The molecule has 0 bridgehead atoms. The van der Waals surface area contributed by atoms with Crippen molar-refractivity contribution in [1.29, 1.82) is 0 Å². The van der Waals surface area contributed by atoms with Gasteiger partial charge in [-0.1, -0.05) is 46.1 Å². The van der Waals surface area contributed by atoms with Gasteiger partial charge in [0.25, 0.3) is 0 Å². The molecule has 2 rings (SSSR count). The van der Waals surface area contributed by atoms with Gasteiger partial charge >= 0.3 is 6.18 Å². The van der Waals surface area contributed by atoms with Gasteiger partial charge in [-0.2, -0.15) is 13.2 Å². The fraction of sp³-hybridized carbons (Fsp3) is 0.600. The van der Waals surface area contributed by atoms with E-state index in [1.54, 1.807) is 0 Å². The minimum absolute atomic E-state index is 0.0889. The van der Waals surface area contributed by atoms with Crippen LogP contribution >= 0.6 is 27.5 Å². The van der Waals surface area contributed by atoms with Crippen molar-refractivity contribution in [2.75, 3.05) is 0 Å². The second-order valence-corrected chi connectivity index (χ2v) is 7.12. The van der Waals surface area contributed by atoms with E-state index in [4.69, 9.17) is 11.6 Å². The quantitative estimate of drug-likeness (QED) is 0.572. The summed E-state index contributed by atoms with van der Waals surface area (Å²) in [5.41, 5.74) is 1.10. The smallest absolute Gasteiger partial charge is 0.171 e. The summed E-state index contributed by atoms with van der Waals surface area (Å²) in [6.07, 6.45) is -1.25. The number of alkyl halides is 4. The molecule has 0 N–H and O–H groups in total. The van der Waals surface area contributed by atoms with E-state index in [2.05, 4.69) is 15.9 Å². The monoisotopic (exact) mass is 368 g/mol. The van der Waals surface area contributed by atoms with Crippen LogP contribution in [0.25, 0.3) is 0 Å². The lowest BCUT2D eigenvalue weighted by Crippen LogP contribution is -2.32. The second kappa shape index (κ2) is 6.69. The van der Waals surface area contributed by atoms with E-state index in [0.29, 0.717) is 11.4 Å². The van der Waals surface area contributed by atoms with Gasteiger partial charge in [0.2, 0.25) is 0 Å². The van der Waals surface area contributed by atoms with Crippen LogP contribution in [0.2, 0.25) is 5.02 Å². The molecule has 0 spiro atoms. The third-order valence-corrected chi connectivity index (χ3v) is 5.36. The molecular weight excluding hydrogens is 353 g/mol. The minimum atomic E-state index is -4.05. The van der Waals surface area contributed by atoms with Crippen molar-refractivity contribution in [2.45, 2.75) is 43.1 Å². The molecule has 112 valence electrons. The zero-order chi connectivity index (χ0) is 14.8. The predicted molar refractivity (Wildman–Crippen MR) is 79.4 cm³/mol. The maximum absolute atomic E-state index is 12.8. The van der Waals surface area contributed by atoms with Crippen LogP contribution in [-0.2, 0) is 6.42 Å². The summed E-state index contributed by atoms with van der Waals surface area (Å²) in [7, 11) is 0. The van der Waals surface area contributed by atoms with Gasteiger partial charge in [-0.05, 0) is 49.3 Å². The van der Waals surface area contributed by atoms with Crippen LogP contribution in [0.3, 0.4) is 0 Å². The van der Waals surface area contributed by atoms with Gasteiger partial charge in [-0.3, -0.25) is 0 Å². The highest BCUT2D eigenvalue weighted by atomic mass is 79.9. The first-order chi connectivity index (χ1) is 9.36. The Balaban J connectivity index is 1.95. The highest BCUT2D eigenvalue weighted by Crippen LogP contribution is 2.42. The van der Waals surface area contributed by atoms with E-state index in [0.717, 1.165) is 18.4 Å². The molecule has 0 amide bonds. The van der Waals surface area contributed by atoms with Gasteiger partial charge in [-0.15, -0.1) is 0 Å². The van der Waals surface area contributed by atoms with Crippen LogP contribution in [0.5, 0.6) is 0 Å². The third kappa shape index (κ3) is 4.39. The van der Waals surface area contributed by atoms with Crippen molar-refractivity contribution >= 4 is 27.5 Å². The maximum atomic E-state index is 12.8. The van der Waals surface area contributed by atoms with Crippen LogP contribution in [0.1, 0.15) is 31.2 Å². The zero-order valence-electron chi connectivity index (χ0n) is 11.0. The van der Waals surface area contributed by atoms with E-state index < -0.39 is 12.1 Å². The second-order valence-electron chi connectivity index (χ2n) is 5.51. The Labute approximate surface area is 130 Å². The molecule has 20 heavy (non-hydrogen) atoms. The Morgan fingerprint density at radius 3 is 2.45 bits per heavy atom. The third-order valence-electron chi connectivity index (χ3n) is 4.03. The Bertz CT molecular complexity index is 430. The molecule has 1 fully saturated rings. The number of benzene rings is 1. The van der Waals surface area contributed by atoms with E-state index in [1.807, 2.05) is 24.3 Å². The fourth-order valence-corrected chi connectivity index (χ4v) is 3.85. The topological polar surface area (TPSA) is 0 Å². The Morgan fingerprint density at radius 2 is 1.85 bits per heavy atom. The molecule has 5 heteroatoms. The highest BCUT2D eigenvalue weighted by Gasteiger charge is 2.43. The molecule has 0 saturated heterocycles. The highest BCUT2D eigenvalue weighted by molar-refractivity contribution is 9.09. The van der Waals surface area contributed by atoms with Crippen LogP contribution in [0, 0.1) is 11.8 Å². The average molecular weight is 370 g/mol. The maximum Gasteiger partial charge on any atom is 0.391 e. The van der Waals surface area contributed by atoms with Crippen molar-refractivity contribution in [2.24, 2.45) is 11.8 Å². The summed E-state index contributed by atoms with van der Waals surface area (Å²) in [6, 6.07) is 7.49. The molecule has 3 atom stereocenters. The SMILES string of the molecule is FC(F)(F)C1CCCC(C(Br)Cc2ccc(Cl)cc2)C1. The summed E-state index contributed by atoms with van der Waals surface area (Å²) >= 11 is 9.42. The Morgan fingerprint density at radius 1 is 1.20 bits per heavy atom. The summed E-state index contributed by atoms with van der Waals surface area (Å²) in [6.45, 7) is 0. The molecule has 0 radical (unpaired) electrons. The molecular formula is C15H17BrClF3. The van der Waals surface area contributed by atoms with Crippen molar-refractivity contribution < 1.29 is 13.2 Å². The van der Waals surface area contributed by atoms with Gasteiger partial charge in [0.15, 0.2) is 0 Å². The van der Waals surface area contributed by atoms with Gasteiger partial charge in [0.1, 0.15) is 0 Å². The number of hydrogen-bond acceptors (Lipinski definition) is 0. The molecule has 3 unspecified atom stereocenters. The zero-order valence-corrected chi connectivity index (χ0v) is 13.3. The minimum Gasteiger partial charge on any atom is -0.171 e. The Hall–Kier alpha value is -0.220. The van der Waals surface area contributed by atoms with E-state index in [-0.39, 0.29) is 23.6 Å². The van der Waals surface area contributed by atoms with Crippen LogP contribution in [0.4, 0.5) is 13.2 Å². The van der Waals surface area contributed by atoms with E-state index in [9.17, 15) is 13.2 Å². The van der Waals surface area contributed by atoms with E-state index >= 15 is 0 Å². The number of rotatable bonds is 3. The van der Waals surface area contributed by atoms with Gasteiger partial charge in [-0.25, -0.2) is 0 Å². The number of halogens is 5. The van der Waals surface area contributed by atoms with E-state index in [1.165, 1.54) is 0 Å². The first kappa shape index (κ1) is 16.2. The molecule has 1 aliphatic carbocycles. The fourth-order valence-electron chi connectivity index (χ4n) is 2.87. The average Bonchev–Trinajstić information content (AvgIpc) is 2.40. The first-order valence-corrected chi connectivity index (χ1v) is 8.11. The molecule has 0 aliphatic heterocycles. The van der Waals surface area contributed by atoms with Gasteiger partial charge in [0.05, 0.1) is 5.92 Å². The predicted octanol–water partition coefficient (Wildman–Crippen LogP) is 6.01. The van der Waals surface area contributed by atoms with Crippen molar-refractivity contribution in [3.8, 4) is 0 Å². The molecule has 1 aliphatic rings. The van der Waals surface area contributed by atoms with Crippen LogP contribution < -0.4 is 0 Å². The molecule has 1 saturated carbocycles. The normalized spacial score (nSPS) is 25.4. The molecule has 1 aromatic rings. The summed E-state index contributed by atoms with van der Waals surface area (Å²) in [5, 5.41) is 0.676. The molecule has 0 heterocycles. The lowest BCUT2D eigenvalue weighted by molar-refractivity contribution is -0.185. The first-order valence-electron chi connectivity index (χ1n) is 6.81.